The largest absolute Gasteiger partial charge is 0.674 e. The predicted octanol–water partition coefficient (Wildman–Crippen LogP) is 11.2. The molecule has 46 heavy (non-hydrogen) atoms. The van der Waals surface area contributed by atoms with Crippen molar-refractivity contribution in [3.63, 3.8) is 0 Å². The predicted molar refractivity (Wildman–Crippen MR) is 202 cm³/mol. The smallest absolute Gasteiger partial charge is 0 e. The van der Waals surface area contributed by atoms with Crippen molar-refractivity contribution in [2.24, 2.45) is 0 Å². The maximum atomic E-state index is 5.06. The molecule has 0 aliphatic heterocycles. The molecule has 1 unspecified atom stereocenters. The molecule has 0 N–H and O–H groups in total. The van der Waals surface area contributed by atoms with Gasteiger partial charge < -0.3 is 10.6 Å². The van der Waals surface area contributed by atoms with Gasteiger partial charge in [0.25, 0.3) is 0 Å². The van der Waals surface area contributed by atoms with E-state index in [2.05, 4.69) is 111 Å². The molecule has 0 fully saturated rings. The van der Waals surface area contributed by atoms with E-state index in [0.29, 0.717) is 0 Å². The summed E-state index contributed by atoms with van der Waals surface area (Å²) >= 11 is 0. The zero-order valence-corrected chi connectivity index (χ0v) is 31.9. The Balaban J connectivity index is 0.000000385. The van der Waals surface area contributed by atoms with Gasteiger partial charge in [-0.05, 0) is 24.5 Å². The quantitative estimate of drug-likeness (QED) is 0.124. The summed E-state index contributed by atoms with van der Waals surface area (Å²) in [6.07, 6.45) is 0. The van der Waals surface area contributed by atoms with Crippen LogP contribution in [0.4, 0.5) is 0 Å². The van der Waals surface area contributed by atoms with Crippen LogP contribution in [0.15, 0.2) is 140 Å². The van der Waals surface area contributed by atoms with E-state index >= 15 is 0 Å². The molecule has 0 aliphatic carbocycles. The third kappa shape index (κ3) is 17.6. The molecule has 242 valence electrons. The van der Waals surface area contributed by atoms with Crippen LogP contribution in [0.3, 0.4) is 0 Å². The molecule has 0 spiro atoms. The van der Waals surface area contributed by atoms with Crippen LogP contribution >= 0.6 is 7.92 Å². The van der Waals surface area contributed by atoms with Gasteiger partial charge >= 0.3 is 0 Å². The molecule has 1 atom stereocenters. The first kappa shape index (κ1) is 41.0. The maximum Gasteiger partial charge on any atom is 0 e. The van der Waals surface area contributed by atoms with Crippen molar-refractivity contribution < 1.29 is 26.2 Å². The summed E-state index contributed by atoms with van der Waals surface area (Å²) in [7, 11) is -0.643. The summed E-state index contributed by atoms with van der Waals surface area (Å²) in [4.78, 5) is 0. The average Bonchev–Trinajstić information content (AvgIpc) is 3.01. The summed E-state index contributed by atoms with van der Waals surface area (Å²) in [6.45, 7) is 24.8. The Hall–Kier alpha value is -3.06. The Bertz CT molecular complexity index is 1300. The van der Waals surface area contributed by atoms with Gasteiger partial charge in [-0.1, -0.05) is 113 Å². The van der Waals surface area contributed by atoms with E-state index in [1.165, 1.54) is 21.7 Å². The first-order chi connectivity index (χ1) is 21.5. The van der Waals surface area contributed by atoms with E-state index in [-0.39, 0.29) is 37.6 Å². The molecule has 5 aromatic carbocycles. The van der Waals surface area contributed by atoms with Crippen molar-refractivity contribution in [3.8, 4) is 0 Å². The molecular formula is C42H50N2PZr-5. The number of hydrogen-bond acceptors (Lipinski definition) is 0. The van der Waals surface area contributed by atoms with Crippen LogP contribution in [0, 0.1) is 34.6 Å². The van der Waals surface area contributed by atoms with Gasteiger partial charge in [0.2, 0.25) is 0 Å². The Kier molecular flexibility index (Phi) is 20.0. The molecule has 5 rings (SSSR count). The standard InChI is InChI=1S/C21H29N2P.3C7H7.Zr/c1-7-22-20(23-21(4,5)6)24(18-12-8-16(2)9-13-18)19-14-10-17(3)11-15-19;3*1-7-5-3-2-4-6-7;/h8-15,20H,7H2,1-6H3;3*2-6H,1H2;/q-2;3*-1;. The monoisotopic (exact) mass is 703 g/mol. The van der Waals surface area contributed by atoms with Crippen molar-refractivity contribution in [2.45, 2.75) is 53.0 Å². The average molecular weight is 705 g/mol. The molecule has 0 amide bonds. The Morgan fingerprint density at radius 2 is 0.848 bits per heavy atom. The second kappa shape index (κ2) is 22.5. The van der Waals surface area contributed by atoms with E-state index in [1.807, 2.05) is 91.0 Å². The van der Waals surface area contributed by atoms with Crippen molar-refractivity contribution in [3.05, 3.63) is 199 Å². The summed E-state index contributed by atoms with van der Waals surface area (Å²) < 4.78 is 0. The second-order valence-corrected chi connectivity index (χ2v) is 13.9. The zero-order valence-electron chi connectivity index (χ0n) is 28.5. The third-order valence-corrected chi connectivity index (χ3v) is 8.68. The van der Waals surface area contributed by atoms with Crippen LogP contribution in [0.25, 0.3) is 10.6 Å². The molecular weight excluding hydrogens is 655 g/mol. The molecule has 0 bridgehead atoms. The van der Waals surface area contributed by atoms with Crippen LogP contribution in [0.2, 0.25) is 0 Å². The molecule has 0 aliphatic rings. The molecule has 0 radical (unpaired) electrons. The second-order valence-electron chi connectivity index (χ2n) is 11.6. The van der Waals surface area contributed by atoms with Gasteiger partial charge in [0.1, 0.15) is 0 Å². The van der Waals surface area contributed by atoms with E-state index in [0.717, 1.165) is 23.2 Å². The number of nitrogens with zero attached hydrogens (tertiary/aromatic N) is 2. The van der Waals surface area contributed by atoms with Crippen LogP contribution < -0.4 is 10.6 Å². The number of hydrogen-bond donors (Lipinski definition) is 0. The summed E-state index contributed by atoms with van der Waals surface area (Å²) in [6, 6.07) is 47.4. The van der Waals surface area contributed by atoms with Crippen LogP contribution in [0.1, 0.15) is 55.5 Å². The molecule has 0 saturated carbocycles. The summed E-state index contributed by atoms with van der Waals surface area (Å²) in [5, 5.41) is 12.6. The Morgan fingerprint density at radius 3 is 1.07 bits per heavy atom. The van der Waals surface area contributed by atoms with Gasteiger partial charge in [-0.2, -0.15) is 80.4 Å². The van der Waals surface area contributed by atoms with Crippen molar-refractivity contribution in [1.29, 1.82) is 0 Å². The van der Waals surface area contributed by atoms with Gasteiger partial charge in [0, 0.05) is 26.2 Å². The molecule has 4 heteroatoms. The van der Waals surface area contributed by atoms with Crippen molar-refractivity contribution in [1.82, 2.24) is 0 Å². The minimum Gasteiger partial charge on any atom is -0.674 e. The minimum atomic E-state index is -0.643. The first-order valence-corrected chi connectivity index (χ1v) is 16.8. The van der Waals surface area contributed by atoms with E-state index in [4.69, 9.17) is 10.6 Å². The van der Waals surface area contributed by atoms with Crippen LogP contribution in [-0.2, 0) is 26.2 Å². The molecule has 0 heterocycles. The van der Waals surface area contributed by atoms with Crippen LogP contribution in [0.5, 0.6) is 0 Å². The molecule has 0 aromatic heterocycles. The van der Waals surface area contributed by atoms with E-state index in [9.17, 15) is 0 Å². The minimum absolute atomic E-state index is 0. The molecule has 2 nitrogen and oxygen atoms in total. The Morgan fingerprint density at radius 1 is 0.543 bits per heavy atom. The fourth-order valence-corrected chi connectivity index (χ4v) is 6.51. The maximum absolute atomic E-state index is 5.06. The number of aryl methyl sites for hydroxylation is 2. The normalized spacial score (nSPS) is 10.8. The van der Waals surface area contributed by atoms with Crippen molar-refractivity contribution >= 4 is 18.5 Å². The van der Waals surface area contributed by atoms with Gasteiger partial charge in [0.05, 0.1) is 0 Å². The number of benzene rings is 5. The SMILES string of the molecule is CC[N-]C([N-]C(C)(C)C)P(c1ccc(C)cc1)c1ccc(C)cc1.[CH2-]c1ccccc1.[CH2-]c1ccccc1.[CH2-]c1ccccc1.[Zr]. The zero-order chi connectivity index (χ0) is 33.1. The van der Waals surface area contributed by atoms with Gasteiger partial charge in [-0.15, -0.1) is 41.9 Å². The summed E-state index contributed by atoms with van der Waals surface area (Å²) in [5.41, 5.74) is 5.69. The summed E-state index contributed by atoms with van der Waals surface area (Å²) in [5.74, 6) is -0.00425. The Labute approximate surface area is 301 Å². The molecule has 5 aromatic rings. The fourth-order valence-electron chi connectivity index (χ4n) is 3.95. The topological polar surface area (TPSA) is 28.2 Å². The van der Waals surface area contributed by atoms with Crippen molar-refractivity contribution in [2.75, 3.05) is 6.54 Å². The van der Waals surface area contributed by atoms with Gasteiger partial charge in [-0.3, -0.25) is 0 Å². The van der Waals surface area contributed by atoms with Crippen LogP contribution in [-0.4, -0.2) is 18.0 Å². The van der Waals surface area contributed by atoms with Gasteiger partial charge in [0.15, 0.2) is 0 Å². The fraction of sp³-hybridized carbons (Fsp3) is 0.214. The first-order valence-electron chi connectivity index (χ1n) is 15.4. The number of rotatable bonds is 6. The molecule has 0 saturated heterocycles. The van der Waals surface area contributed by atoms with Gasteiger partial charge in [-0.25, -0.2) is 5.91 Å². The van der Waals surface area contributed by atoms with E-state index < -0.39 is 7.92 Å². The third-order valence-electron chi connectivity index (χ3n) is 6.23. The van der Waals surface area contributed by atoms with E-state index in [1.54, 1.807) is 0 Å².